The molecule has 0 aliphatic carbocycles. The highest BCUT2D eigenvalue weighted by atomic mass is 16.5. The predicted octanol–water partition coefficient (Wildman–Crippen LogP) is 4.18. The zero-order chi connectivity index (χ0) is 18.1. The molecule has 2 aromatic carbocycles. The summed E-state index contributed by atoms with van der Waals surface area (Å²) in [5, 5.41) is 10.6. The molecule has 1 heterocycles. The first-order valence-electron chi connectivity index (χ1n) is 7.93. The molecule has 25 heavy (non-hydrogen) atoms. The number of rotatable bonds is 4. The summed E-state index contributed by atoms with van der Waals surface area (Å²) in [4.78, 5) is 12.9. The van der Waals surface area contributed by atoms with Gasteiger partial charge < -0.3 is 19.0 Å². The smallest absolute Gasteiger partial charge is 0.205 e. The van der Waals surface area contributed by atoms with Crippen LogP contribution in [0.5, 0.6) is 17.2 Å². The van der Waals surface area contributed by atoms with E-state index in [0.29, 0.717) is 34.5 Å². The van der Waals surface area contributed by atoms with Crippen molar-refractivity contribution in [2.24, 2.45) is 0 Å². The maximum Gasteiger partial charge on any atom is 0.205 e. The Balaban J connectivity index is 2.46. The standard InChI is InChI=1S/C20H20O5/c1-11(2)8-9-12-10-13-17(22)16-14(21)6-5-7-15(16)25-19(13)20(24-4)18(12)23-3/h5-8,10,21H,9H2,1-4H3. The Kier molecular flexibility index (Phi) is 4.40. The zero-order valence-corrected chi connectivity index (χ0v) is 14.7. The van der Waals surface area contributed by atoms with E-state index in [1.807, 2.05) is 19.9 Å². The topological polar surface area (TPSA) is 68.9 Å². The van der Waals surface area contributed by atoms with Crippen molar-refractivity contribution in [1.29, 1.82) is 0 Å². The lowest BCUT2D eigenvalue weighted by atomic mass is 10.0. The summed E-state index contributed by atoms with van der Waals surface area (Å²) in [7, 11) is 3.06. The third-order valence-electron chi connectivity index (χ3n) is 4.09. The third-order valence-corrected chi connectivity index (χ3v) is 4.09. The number of phenolic OH excluding ortho intramolecular Hbond substituents is 1. The van der Waals surface area contributed by atoms with Gasteiger partial charge in [0.15, 0.2) is 11.3 Å². The molecule has 3 aromatic rings. The van der Waals surface area contributed by atoms with Gasteiger partial charge in [-0.15, -0.1) is 0 Å². The molecular weight excluding hydrogens is 320 g/mol. The van der Waals surface area contributed by atoms with Gasteiger partial charge >= 0.3 is 0 Å². The lowest BCUT2D eigenvalue weighted by molar-refractivity contribution is 0.351. The van der Waals surface area contributed by atoms with Crippen LogP contribution in [0.1, 0.15) is 19.4 Å². The highest BCUT2D eigenvalue weighted by Crippen LogP contribution is 2.40. The van der Waals surface area contributed by atoms with Gasteiger partial charge in [0.25, 0.3) is 0 Å². The number of hydrogen-bond acceptors (Lipinski definition) is 5. The van der Waals surface area contributed by atoms with Crippen LogP contribution >= 0.6 is 0 Å². The number of phenols is 1. The Morgan fingerprint density at radius 1 is 1.20 bits per heavy atom. The number of fused-ring (bicyclic) bond motifs is 2. The van der Waals surface area contributed by atoms with E-state index >= 15 is 0 Å². The lowest BCUT2D eigenvalue weighted by Crippen LogP contribution is -2.06. The molecular formula is C20H20O5. The van der Waals surface area contributed by atoms with Crippen LogP contribution in [0.15, 0.2) is 45.1 Å². The molecule has 0 fully saturated rings. The average Bonchev–Trinajstić information content (AvgIpc) is 2.58. The summed E-state index contributed by atoms with van der Waals surface area (Å²) in [6.45, 7) is 4.01. The SMILES string of the molecule is COc1c(CC=C(C)C)cc2c(=O)c3c(O)cccc3oc2c1OC. The minimum atomic E-state index is -0.297. The summed E-state index contributed by atoms with van der Waals surface area (Å²) in [5.74, 6) is 0.809. The van der Waals surface area contributed by atoms with Crippen LogP contribution in [-0.4, -0.2) is 19.3 Å². The maximum atomic E-state index is 12.9. The summed E-state index contributed by atoms with van der Waals surface area (Å²) in [6.07, 6.45) is 2.64. The van der Waals surface area contributed by atoms with Crippen LogP contribution in [-0.2, 0) is 6.42 Å². The molecule has 1 aromatic heterocycles. The van der Waals surface area contributed by atoms with Gasteiger partial charge in [0, 0.05) is 5.56 Å². The van der Waals surface area contributed by atoms with Crippen molar-refractivity contribution in [3.05, 3.63) is 51.7 Å². The summed E-state index contributed by atoms with van der Waals surface area (Å²) < 4.78 is 16.9. The van der Waals surface area contributed by atoms with Gasteiger partial charge in [0.2, 0.25) is 11.2 Å². The number of benzene rings is 2. The highest BCUT2D eigenvalue weighted by Gasteiger charge is 2.21. The van der Waals surface area contributed by atoms with E-state index in [9.17, 15) is 9.90 Å². The Morgan fingerprint density at radius 2 is 1.92 bits per heavy atom. The second kappa shape index (κ2) is 6.51. The molecule has 0 amide bonds. The monoisotopic (exact) mass is 340 g/mol. The molecule has 0 aliphatic rings. The van der Waals surface area contributed by atoms with Crippen molar-refractivity contribution in [3.63, 3.8) is 0 Å². The van der Waals surface area contributed by atoms with Crippen molar-refractivity contribution >= 4 is 21.9 Å². The molecule has 0 spiro atoms. The van der Waals surface area contributed by atoms with Gasteiger partial charge in [-0.05, 0) is 38.5 Å². The normalized spacial score (nSPS) is 10.9. The fourth-order valence-electron chi connectivity index (χ4n) is 2.90. The van der Waals surface area contributed by atoms with Crippen LogP contribution in [0.25, 0.3) is 21.9 Å². The first kappa shape index (κ1) is 16.9. The van der Waals surface area contributed by atoms with Gasteiger partial charge in [-0.1, -0.05) is 17.7 Å². The Morgan fingerprint density at radius 3 is 2.56 bits per heavy atom. The molecule has 0 radical (unpaired) electrons. The van der Waals surface area contributed by atoms with E-state index in [4.69, 9.17) is 13.9 Å². The zero-order valence-electron chi connectivity index (χ0n) is 14.7. The second-order valence-corrected chi connectivity index (χ2v) is 6.05. The maximum absolute atomic E-state index is 12.9. The lowest BCUT2D eigenvalue weighted by Gasteiger charge is -2.14. The van der Waals surface area contributed by atoms with E-state index in [-0.39, 0.29) is 16.6 Å². The minimum Gasteiger partial charge on any atom is -0.507 e. The van der Waals surface area contributed by atoms with Crippen LogP contribution in [0.2, 0.25) is 0 Å². The van der Waals surface area contributed by atoms with Crippen molar-refractivity contribution in [1.82, 2.24) is 0 Å². The number of ether oxygens (including phenoxy) is 2. The second-order valence-electron chi connectivity index (χ2n) is 6.05. The summed E-state index contributed by atoms with van der Waals surface area (Å²) in [6, 6.07) is 6.47. The Hall–Kier alpha value is -2.95. The fourth-order valence-corrected chi connectivity index (χ4v) is 2.90. The van der Waals surface area contributed by atoms with Crippen molar-refractivity contribution in [3.8, 4) is 17.2 Å². The van der Waals surface area contributed by atoms with Gasteiger partial charge in [0.05, 0.1) is 19.6 Å². The Labute approximate surface area is 145 Å². The molecule has 1 N–H and O–H groups in total. The minimum absolute atomic E-state index is 0.103. The highest BCUT2D eigenvalue weighted by molar-refractivity contribution is 5.96. The van der Waals surface area contributed by atoms with Gasteiger partial charge in [0.1, 0.15) is 16.7 Å². The van der Waals surface area contributed by atoms with Gasteiger partial charge in [-0.2, -0.15) is 0 Å². The molecule has 3 rings (SSSR count). The molecule has 5 heteroatoms. The summed E-state index contributed by atoms with van der Waals surface area (Å²) in [5.41, 5.74) is 2.28. The molecule has 0 saturated carbocycles. The van der Waals surface area contributed by atoms with E-state index in [1.165, 1.54) is 13.2 Å². The van der Waals surface area contributed by atoms with Gasteiger partial charge in [-0.3, -0.25) is 4.79 Å². The number of allylic oxidation sites excluding steroid dienone is 2. The van der Waals surface area contributed by atoms with Crippen molar-refractivity contribution in [2.45, 2.75) is 20.3 Å². The first-order valence-corrected chi connectivity index (χ1v) is 7.93. The number of hydrogen-bond donors (Lipinski definition) is 1. The van der Waals surface area contributed by atoms with E-state index in [0.717, 1.165) is 11.1 Å². The van der Waals surface area contributed by atoms with E-state index in [2.05, 4.69) is 0 Å². The summed E-state index contributed by atoms with van der Waals surface area (Å²) >= 11 is 0. The average molecular weight is 340 g/mol. The van der Waals surface area contributed by atoms with E-state index in [1.54, 1.807) is 25.3 Å². The molecule has 130 valence electrons. The molecule has 0 unspecified atom stereocenters. The van der Waals surface area contributed by atoms with E-state index < -0.39 is 0 Å². The van der Waals surface area contributed by atoms with Crippen LogP contribution < -0.4 is 14.9 Å². The third kappa shape index (κ3) is 2.82. The molecule has 0 saturated heterocycles. The molecule has 0 atom stereocenters. The van der Waals surface area contributed by atoms with Gasteiger partial charge in [-0.25, -0.2) is 0 Å². The first-order chi connectivity index (χ1) is 12.0. The largest absolute Gasteiger partial charge is 0.507 e. The Bertz CT molecular complexity index is 1040. The van der Waals surface area contributed by atoms with Crippen molar-refractivity contribution < 1.29 is 19.0 Å². The molecule has 0 bridgehead atoms. The molecule has 0 aliphatic heterocycles. The predicted molar refractivity (Wildman–Crippen MR) is 97.9 cm³/mol. The van der Waals surface area contributed by atoms with Crippen LogP contribution in [0.4, 0.5) is 0 Å². The number of methoxy groups -OCH3 is 2. The quantitative estimate of drug-likeness (QED) is 0.570. The molecule has 5 nitrogen and oxygen atoms in total. The van der Waals surface area contributed by atoms with Crippen LogP contribution in [0, 0.1) is 0 Å². The fraction of sp³-hybridized carbons (Fsp3) is 0.250. The van der Waals surface area contributed by atoms with Crippen LogP contribution in [0.3, 0.4) is 0 Å². The van der Waals surface area contributed by atoms with Crippen molar-refractivity contribution in [2.75, 3.05) is 14.2 Å². The number of aromatic hydroxyl groups is 1.